The van der Waals surface area contributed by atoms with Gasteiger partial charge in [-0.25, -0.2) is 4.99 Å². The van der Waals surface area contributed by atoms with Crippen LogP contribution in [0.25, 0.3) is 22.7 Å². The third-order valence-electron chi connectivity index (χ3n) is 8.42. The summed E-state index contributed by atoms with van der Waals surface area (Å²) >= 11 is 1.42. The third-order valence-corrected chi connectivity index (χ3v) is 9.31. The molecular formula is C39H43BF2N4O5S. The van der Waals surface area contributed by atoms with Gasteiger partial charge < -0.3 is 35.2 Å². The van der Waals surface area contributed by atoms with E-state index in [9.17, 15) is 28.7 Å². The second-order valence-electron chi connectivity index (χ2n) is 12.3. The molecule has 9 nitrogen and oxygen atoms in total. The molecule has 4 aromatic rings. The van der Waals surface area contributed by atoms with E-state index in [-0.39, 0.29) is 24.0 Å². The van der Waals surface area contributed by atoms with Crippen molar-refractivity contribution in [1.29, 1.82) is 0 Å². The lowest BCUT2D eigenvalue weighted by Crippen LogP contribution is -2.29. The molecule has 1 aliphatic rings. The quantitative estimate of drug-likeness (QED) is 0.0362. The lowest BCUT2D eigenvalue weighted by Gasteiger charge is -2.13. The molecule has 1 atom stereocenters. The maximum atomic E-state index is 13.9. The number of aliphatic imine (C=N–C) groups is 1. The zero-order chi connectivity index (χ0) is 36.7. The van der Waals surface area contributed by atoms with Crippen LogP contribution in [0.15, 0.2) is 101 Å². The molecule has 1 aliphatic heterocycles. The zero-order valence-electron chi connectivity index (χ0n) is 28.8. The van der Waals surface area contributed by atoms with Gasteiger partial charge in [-0.2, -0.15) is 0 Å². The Hall–Kier alpha value is -4.98. The second kappa shape index (κ2) is 19.6. The van der Waals surface area contributed by atoms with Crippen LogP contribution in [0, 0.1) is 0 Å². The van der Waals surface area contributed by atoms with Gasteiger partial charge in [0, 0.05) is 23.7 Å². The van der Waals surface area contributed by atoms with Crippen LogP contribution in [0.4, 0.5) is 8.63 Å². The van der Waals surface area contributed by atoms with Gasteiger partial charge in [0.25, 0.3) is 5.91 Å². The first-order valence-corrected chi connectivity index (χ1v) is 18.2. The van der Waals surface area contributed by atoms with E-state index in [4.69, 9.17) is 4.74 Å². The van der Waals surface area contributed by atoms with Gasteiger partial charge in [-0.05, 0) is 103 Å². The zero-order valence-corrected chi connectivity index (χ0v) is 29.6. The molecule has 52 heavy (non-hydrogen) atoms. The number of phenols is 2. The van der Waals surface area contributed by atoms with Gasteiger partial charge >= 0.3 is 7.40 Å². The predicted molar refractivity (Wildman–Crippen MR) is 205 cm³/mol. The number of phenolic OH excluding ortho intramolecular Hbond substituents is 2. The van der Waals surface area contributed by atoms with Gasteiger partial charge in [-0.1, -0.05) is 56.0 Å². The lowest BCUT2D eigenvalue weighted by molar-refractivity contribution is -0.123. The monoisotopic (exact) mass is 728 g/mol. The Morgan fingerprint density at radius 2 is 1.69 bits per heavy atom. The molecule has 0 aliphatic carbocycles. The van der Waals surface area contributed by atoms with Gasteiger partial charge in [0.05, 0.1) is 23.2 Å². The molecule has 0 spiro atoms. The van der Waals surface area contributed by atoms with Crippen LogP contribution in [0.5, 0.6) is 17.2 Å². The molecule has 1 amide bonds. The molecule has 2 aromatic carbocycles. The first-order chi connectivity index (χ1) is 25.3. The number of carbonyl (C=O) groups is 1. The molecule has 5 rings (SSSR count). The number of aliphatic hydroxyl groups excluding tert-OH is 1. The van der Waals surface area contributed by atoms with Crippen molar-refractivity contribution in [3.05, 3.63) is 113 Å². The van der Waals surface area contributed by atoms with Crippen LogP contribution in [0.3, 0.4) is 0 Å². The number of benzene rings is 2. The molecule has 0 bridgehead atoms. The minimum atomic E-state index is -2.67. The number of allylic oxidation sites excluding steroid dienone is 3. The van der Waals surface area contributed by atoms with Crippen molar-refractivity contribution in [2.24, 2.45) is 4.99 Å². The predicted octanol–water partition coefficient (Wildman–Crippen LogP) is 7.62. The molecular weight excluding hydrogens is 685 g/mol. The van der Waals surface area contributed by atoms with Crippen LogP contribution in [0.1, 0.15) is 61.4 Å². The number of thiophene rings is 1. The minimum Gasteiger partial charge on any atom is -0.504 e. The number of unbranched alkanes of at least 4 members (excludes halogenated alkanes) is 5. The first kappa shape index (κ1) is 38.3. The number of ether oxygens (including phenoxy) is 1. The Labute approximate surface area is 306 Å². The average molecular weight is 729 g/mol. The van der Waals surface area contributed by atoms with Crippen molar-refractivity contribution in [1.82, 2.24) is 15.1 Å². The first-order valence-electron chi connectivity index (χ1n) is 17.4. The van der Waals surface area contributed by atoms with Crippen LogP contribution < -0.4 is 15.4 Å². The highest BCUT2D eigenvalue weighted by Gasteiger charge is 2.24. The number of hydrogen-bond acceptors (Lipinski definition) is 8. The highest BCUT2D eigenvalue weighted by atomic mass is 32.1. The summed E-state index contributed by atoms with van der Waals surface area (Å²) in [6, 6.07) is 18.7. The molecule has 0 saturated heterocycles. The molecule has 13 heteroatoms. The molecule has 272 valence electrons. The normalized spacial score (nSPS) is 13.9. The van der Waals surface area contributed by atoms with Gasteiger partial charge in [0.2, 0.25) is 0 Å². The summed E-state index contributed by atoms with van der Waals surface area (Å²) in [5.41, 5.74) is 3.62. The van der Waals surface area contributed by atoms with Crippen molar-refractivity contribution in [3.8, 4) is 27.8 Å². The summed E-state index contributed by atoms with van der Waals surface area (Å²) in [5.74, 6) is -0.0336. The Morgan fingerprint density at radius 3 is 2.42 bits per heavy atom. The fraction of sp³-hybridized carbons (Fsp3) is 0.282. The third kappa shape index (κ3) is 11.5. The molecule has 0 saturated carbocycles. The molecule has 2 aromatic heterocycles. The van der Waals surface area contributed by atoms with E-state index in [0.29, 0.717) is 47.2 Å². The Bertz CT molecular complexity index is 1870. The van der Waals surface area contributed by atoms with Gasteiger partial charge in [0.15, 0.2) is 18.1 Å². The van der Waals surface area contributed by atoms with E-state index in [1.165, 1.54) is 23.5 Å². The van der Waals surface area contributed by atoms with Crippen molar-refractivity contribution in [2.75, 3.05) is 26.2 Å². The minimum absolute atomic E-state index is 0.0642. The highest BCUT2D eigenvalue weighted by molar-refractivity contribution is 7.13. The molecule has 0 unspecified atom stereocenters. The highest BCUT2D eigenvalue weighted by Crippen LogP contribution is 2.30. The van der Waals surface area contributed by atoms with Crippen molar-refractivity contribution in [2.45, 2.75) is 44.6 Å². The van der Waals surface area contributed by atoms with E-state index < -0.39 is 13.5 Å². The summed E-state index contributed by atoms with van der Waals surface area (Å²) in [4.78, 5) is 17.6. The lowest BCUT2D eigenvalue weighted by atomic mass is 10.1. The number of aliphatic hydroxyl groups is 1. The number of amides is 1. The Balaban J connectivity index is 0.920. The molecule has 0 fully saturated rings. The smallest absolute Gasteiger partial charge is 0.504 e. The van der Waals surface area contributed by atoms with Gasteiger partial charge in [-0.15, -0.1) is 11.3 Å². The Kier molecular flexibility index (Phi) is 14.4. The number of carbonyl (C=O) groups excluding carboxylic acids is 1. The van der Waals surface area contributed by atoms with Crippen LogP contribution in [-0.4, -0.2) is 65.1 Å². The number of rotatable bonds is 20. The number of halogens is 2. The summed E-state index contributed by atoms with van der Waals surface area (Å²) in [6.07, 6.45) is 14.4. The molecule has 5 N–H and O–H groups in total. The van der Waals surface area contributed by atoms with E-state index in [0.717, 1.165) is 60.0 Å². The molecule has 0 radical (unpaired) electrons. The van der Waals surface area contributed by atoms with Gasteiger partial charge in [-0.3, -0.25) is 13.4 Å². The largest absolute Gasteiger partial charge is 0.678 e. The number of aromatic nitrogens is 1. The topological polar surface area (TPSA) is 128 Å². The summed E-state index contributed by atoms with van der Waals surface area (Å²) in [5, 5.41) is 37.1. The van der Waals surface area contributed by atoms with Crippen LogP contribution >= 0.6 is 11.3 Å². The van der Waals surface area contributed by atoms with Crippen molar-refractivity contribution < 1.29 is 33.5 Å². The van der Waals surface area contributed by atoms with Crippen LogP contribution in [0.2, 0.25) is 0 Å². The number of nitrogens with one attached hydrogen (secondary N) is 2. The van der Waals surface area contributed by atoms with E-state index in [1.54, 1.807) is 42.5 Å². The van der Waals surface area contributed by atoms with E-state index in [2.05, 4.69) is 15.6 Å². The maximum Gasteiger partial charge on any atom is 0.678 e. The average Bonchev–Trinajstić information content (AvgIpc) is 3.92. The fourth-order valence-corrected chi connectivity index (χ4v) is 6.36. The summed E-state index contributed by atoms with van der Waals surface area (Å²) < 4.78 is 34.5. The summed E-state index contributed by atoms with van der Waals surface area (Å²) in [7, 11) is -2.67. The Morgan fingerprint density at radius 1 is 0.923 bits per heavy atom. The summed E-state index contributed by atoms with van der Waals surface area (Å²) in [6.45, 7) is 1.69. The maximum absolute atomic E-state index is 13.9. The van der Waals surface area contributed by atoms with Crippen LogP contribution in [-0.2, 0) is 4.79 Å². The van der Waals surface area contributed by atoms with Crippen molar-refractivity contribution in [3.63, 3.8) is 0 Å². The molecule has 3 heterocycles. The fourth-order valence-electron chi connectivity index (χ4n) is 5.61. The van der Waals surface area contributed by atoms with Gasteiger partial charge in [0.1, 0.15) is 5.75 Å². The number of hydrogen-bond donors (Lipinski definition) is 5. The number of aromatic hydroxyl groups is 2. The standard InChI is InChI=1S/C39H43BF2N4O5S/c41-40(42)46-32(16-19-34(46)38-8-7-23-52-38)25-31-15-14-30(45-31)13-9-28-10-17-33(18-11-28)51-27-39(50)44-22-6-4-2-1-3-5-21-43-26-37(49)29-12-20-35(47)36(48)24-29/h7-20,23-25,37,43,47-49H,1-6,21-22,26-27H2,(H,44,50)/b13-9+,31-25-/t37-/m0/s1. The van der Waals surface area contributed by atoms with E-state index >= 15 is 0 Å². The van der Waals surface area contributed by atoms with E-state index in [1.807, 2.05) is 47.9 Å². The number of nitrogens with zero attached hydrogens (tertiary/aromatic N) is 2. The van der Waals surface area contributed by atoms with Crippen molar-refractivity contribution >= 4 is 42.5 Å². The second-order valence-corrected chi connectivity index (χ2v) is 13.3. The SMILES string of the molecule is O=C(COc1ccc(/C=C/C2=NC(=C\c3ccc(-c4cccs4)n3B(F)F)/C=C2)cc1)NCCCCCCCCNC[C@H](O)c1ccc(O)c(O)c1.